The van der Waals surface area contributed by atoms with Crippen molar-refractivity contribution in [3.63, 3.8) is 0 Å². The van der Waals surface area contributed by atoms with Crippen LogP contribution >= 0.6 is 11.3 Å². The van der Waals surface area contributed by atoms with Crippen molar-refractivity contribution in [2.45, 2.75) is 44.8 Å². The number of halogens is 3. The van der Waals surface area contributed by atoms with E-state index in [1.54, 1.807) is 18.3 Å². The predicted octanol–water partition coefficient (Wildman–Crippen LogP) is 5.93. The van der Waals surface area contributed by atoms with Crippen LogP contribution in [-0.2, 0) is 6.18 Å². The molecule has 5 rings (SSSR count). The summed E-state index contributed by atoms with van der Waals surface area (Å²) in [5, 5.41) is 3.30. The van der Waals surface area contributed by atoms with Crippen molar-refractivity contribution in [2.75, 3.05) is 12.4 Å². The van der Waals surface area contributed by atoms with Gasteiger partial charge in [-0.25, -0.2) is 15.0 Å². The fraction of sp³-hybridized carbons (Fsp3) is 0.417. The number of aromatic nitrogens is 3. The predicted molar refractivity (Wildman–Crippen MR) is 124 cm³/mol. The van der Waals surface area contributed by atoms with E-state index in [9.17, 15) is 18.0 Å². The van der Waals surface area contributed by atoms with Crippen molar-refractivity contribution >= 4 is 28.9 Å². The number of alkyl halides is 3. The minimum Gasteiger partial charge on any atom is -0.336 e. The third-order valence-corrected chi connectivity index (χ3v) is 7.26. The molecule has 10 heteroatoms. The summed E-state index contributed by atoms with van der Waals surface area (Å²) in [7, 11) is 1.88. The zero-order chi connectivity index (χ0) is 24.0. The van der Waals surface area contributed by atoms with Gasteiger partial charge in [0.05, 0.1) is 4.88 Å². The largest absolute Gasteiger partial charge is 0.433 e. The maximum atomic E-state index is 13.1. The van der Waals surface area contributed by atoms with E-state index in [0.29, 0.717) is 28.6 Å². The monoisotopic (exact) mass is 487 g/mol. The van der Waals surface area contributed by atoms with E-state index in [4.69, 9.17) is 0 Å². The Morgan fingerprint density at radius 3 is 2.50 bits per heavy atom. The quantitative estimate of drug-likeness (QED) is 0.447. The van der Waals surface area contributed by atoms with Gasteiger partial charge in [-0.05, 0) is 73.8 Å². The second-order valence-electron chi connectivity index (χ2n) is 9.09. The summed E-state index contributed by atoms with van der Waals surface area (Å²) in [5.41, 5.74) is 1.25. The molecule has 0 spiro atoms. The summed E-state index contributed by atoms with van der Waals surface area (Å²) in [5.74, 6) is 1.04. The highest BCUT2D eigenvalue weighted by atomic mass is 32.1. The van der Waals surface area contributed by atoms with Crippen LogP contribution in [0.25, 0.3) is 10.4 Å². The van der Waals surface area contributed by atoms with E-state index in [1.807, 2.05) is 24.9 Å². The first kappa shape index (κ1) is 22.8. The lowest BCUT2D eigenvalue weighted by molar-refractivity contribution is -0.141. The summed E-state index contributed by atoms with van der Waals surface area (Å²) in [6.45, 7) is 1.89. The molecule has 1 aromatic carbocycles. The summed E-state index contributed by atoms with van der Waals surface area (Å²) < 4.78 is 38.9. The molecule has 0 saturated heterocycles. The number of benzene rings is 1. The van der Waals surface area contributed by atoms with Crippen molar-refractivity contribution in [1.29, 1.82) is 0 Å². The van der Waals surface area contributed by atoms with Crippen LogP contribution in [-0.4, -0.2) is 38.8 Å². The van der Waals surface area contributed by atoms with Gasteiger partial charge < -0.3 is 10.2 Å². The fourth-order valence-electron chi connectivity index (χ4n) is 4.39. The van der Waals surface area contributed by atoms with Gasteiger partial charge in [-0.1, -0.05) is 6.07 Å². The van der Waals surface area contributed by atoms with Crippen LogP contribution in [0.3, 0.4) is 0 Å². The van der Waals surface area contributed by atoms with Crippen molar-refractivity contribution in [2.24, 2.45) is 11.8 Å². The molecular formula is C24H24F3N5OS. The summed E-state index contributed by atoms with van der Waals surface area (Å²) in [4.78, 5) is 27.7. The molecule has 34 heavy (non-hydrogen) atoms. The van der Waals surface area contributed by atoms with Gasteiger partial charge in [-0.15, -0.1) is 11.3 Å². The van der Waals surface area contributed by atoms with Gasteiger partial charge in [-0.2, -0.15) is 13.2 Å². The van der Waals surface area contributed by atoms with Gasteiger partial charge in [0, 0.05) is 31.2 Å². The Bertz CT molecular complexity index is 1210. The van der Waals surface area contributed by atoms with Crippen LogP contribution in [0.1, 0.15) is 46.7 Å². The highest BCUT2D eigenvalue weighted by molar-refractivity contribution is 7.17. The highest BCUT2D eigenvalue weighted by Gasteiger charge is 2.45. The molecule has 2 heterocycles. The summed E-state index contributed by atoms with van der Waals surface area (Å²) in [6, 6.07) is 6.67. The number of anilines is 2. The van der Waals surface area contributed by atoms with Crippen LogP contribution in [0.15, 0.2) is 36.7 Å². The standard InChI is InChI=1S/C24H24F3N5OS/c1-13-9-16(11-17(10-13)30-23-28-8-7-19(31-23)24(25,26)27)18-12-29-21(34-18)22(33)32(2)20(14-3-4-14)15-5-6-15/h7-12,14-15,20H,3-6H2,1-2H3,(H,28,30,31). The molecule has 2 aromatic heterocycles. The topological polar surface area (TPSA) is 71.0 Å². The Morgan fingerprint density at radius 2 is 1.85 bits per heavy atom. The fourth-order valence-corrected chi connectivity index (χ4v) is 5.28. The van der Waals surface area contributed by atoms with Crippen LogP contribution < -0.4 is 5.32 Å². The van der Waals surface area contributed by atoms with E-state index in [2.05, 4.69) is 20.3 Å². The normalized spacial score (nSPS) is 16.1. The number of carbonyl (C=O) groups is 1. The maximum Gasteiger partial charge on any atom is 0.433 e. The van der Waals surface area contributed by atoms with Crippen LogP contribution in [0.2, 0.25) is 0 Å². The number of aryl methyl sites for hydroxylation is 1. The zero-order valence-electron chi connectivity index (χ0n) is 18.8. The Kier molecular flexibility index (Phi) is 5.79. The molecule has 178 valence electrons. The zero-order valence-corrected chi connectivity index (χ0v) is 19.6. The molecule has 3 aromatic rings. The van der Waals surface area contributed by atoms with E-state index < -0.39 is 11.9 Å². The number of hydrogen-bond acceptors (Lipinski definition) is 6. The first-order chi connectivity index (χ1) is 16.2. The molecule has 0 unspecified atom stereocenters. The van der Waals surface area contributed by atoms with Gasteiger partial charge in [0.2, 0.25) is 5.95 Å². The van der Waals surface area contributed by atoms with Gasteiger partial charge in [0.15, 0.2) is 5.01 Å². The van der Waals surface area contributed by atoms with Crippen molar-refractivity contribution in [3.8, 4) is 10.4 Å². The van der Waals surface area contributed by atoms with E-state index in [0.717, 1.165) is 28.3 Å². The molecule has 2 fully saturated rings. The molecule has 6 nitrogen and oxygen atoms in total. The van der Waals surface area contributed by atoms with Crippen LogP contribution in [0.4, 0.5) is 24.8 Å². The second kappa shape index (κ2) is 8.65. The summed E-state index contributed by atoms with van der Waals surface area (Å²) in [6.07, 6.45) is 2.96. The van der Waals surface area contributed by atoms with Crippen molar-refractivity contribution < 1.29 is 18.0 Å². The van der Waals surface area contributed by atoms with Crippen LogP contribution in [0.5, 0.6) is 0 Å². The number of amides is 1. The number of nitrogens with zero attached hydrogens (tertiary/aromatic N) is 4. The van der Waals surface area contributed by atoms with Gasteiger partial charge in [0.1, 0.15) is 5.69 Å². The molecule has 2 saturated carbocycles. The molecule has 0 aliphatic heterocycles. The number of hydrogen-bond donors (Lipinski definition) is 1. The minimum absolute atomic E-state index is 0.0524. The average Bonchev–Trinajstić information content (AvgIpc) is 3.73. The molecule has 2 aliphatic carbocycles. The van der Waals surface area contributed by atoms with Gasteiger partial charge in [0.25, 0.3) is 5.91 Å². The minimum atomic E-state index is -4.55. The Labute approximate surface area is 199 Å². The average molecular weight is 488 g/mol. The SMILES string of the molecule is Cc1cc(Nc2nccc(C(F)(F)F)n2)cc(-c2cnc(C(=O)N(C)C(C3CC3)C3CC3)s2)c1. The maximum absolute atomic E-state index is 13.1. The van der Waals surface area contributed by atoms with E-state index in [-0.39, 0.29) is 11.9 Å². The Balaban J connectivity index is 1.35. The lowest BCUT2D eigenvalue weighted by Gasteiger charge is -2.27. The Morgan fingerprint density at radius 1 is 1.15 bits per heavy atom. The van der Waals surface area contributed by atoms with Gasteiger partial charge >= 0.3 is 6.18 Å². The molecule has 0 bridgehead atoms. The second-order valence-corrected chi connectivity index (χ2v) is 10.1. The molecule has 1 N–H and O–H groups in total. The molecule has 0 atom stereocenters. The molecule has 1 amide bonds. The third-order valence-electron chi connectivity index (χ3n) is 6.23. The highest BCUT2D eigenvalue weighted by Crippen LogP contribution is 2.47. The number of rotatable bonds is 7. The smallest absolute Gasteiger partial charge is 0.336 e. The van der Waals surface area contributed by atoms with E-state index in [1.165, 1.54) is 37.0 Å². The Hall–Kier alpha value is -3.01. The first-order valence-corrected chi connectivity index (χ1v) is 12.0. The molecule has 2 aliphatic rings. The van der Waals surface area contributed by atoms with Crippen molar-refractivity contribution in [1.82, 2.24) is 19.9 Å². The lowest BCUT2D eigenvalue weighted by atomic mass is 10.1. The lowest BCUT2D eigenvalue weighted by Crippen LogP contribution is -2.40. The number of carbonyl (C=O) groups excluding carboxylic acids is 1. The van der Waals surface area contributed by atoms with E-state index >= 15 is 0 Å². The van der Waals surface area contributed by atoms with Crippen LogP contribution in [0, 0.1) is 18.8 Å². The third kappa shape index (κ3) is 4.91. The molecular weight excluding hydrogens is 463 g/mol. The first-order valence-electron chi connectivity index (χ1n) is 11.2. The van der Waals surface area contributed by atoms with Crippen molar-refractivity contribution in [3.05, 3.63) is 52.9 Å². The number of nitrogens with one attached hydrogen (secondary N) is 1. The van der Waals surface area contributed by atoms with Gasteiger partial charge in [-0.3, -0.25) is 4.79 Å². The number of thiazole rings is 1. The molecule has 0 radical (unpaired) electrons. The summed E-state index contributed by atoms with van der Waals surface area (Å²) >= 11 is 1.32.